The van der Waals surface area contributed by atoms with Crippen LogP contribution in [0.2, 0.25) is 0 Å². The van der Waals surface area contributed by atoms with Crippen LogP contribution in [0.25, 0.3) is 0 Å². The van der Waals surface area contributed by atoms with Crippen molar-refractivity contribution in [3.8, 4) is 0 Å². The first kappa shape index (κ1) is 18.7. The molecule has 4 radical (unpaired) electrons. The third-order valence-corrected chi connectivity index (χ3v) is 1.82. The second-order valence-electron chi connectivity index (χ2n) is 3.33. The average Bonchev–Trinajstić information content (AvgIpc) is 3.40. The molecule has 0 fully saturated rings. The fourth-order valence-electron chi connectivity index (χ4n) is 0.994. The Bertz CT molecular complexity index is 351. The first-order valence-corrected chi connectivity index (χ1v) is 6.07. The van der Waals surface area contributed by atoms with E-state index in [1.54, 1.807) is 49.6 Å². The van der Waals surface area contributed by atoms with Crippen LogP contribution in [0.15, 0.2) is 98.1 Å². The molecule has 0 saturated heterocycles. The molecule has 0 aromatic carbocycles. The van der Waals surface area contributed by atoms with Gasteiger partial charge in [-0.2, -0.15) is 49.6 Å². The summed E-state index contributed by atoms with van der Waals surface area (Å²) in [6, 6.07) is 15.1. The van der Waals surface area contributed by atoms with E-state index in [0.29, 0.717) is 0 Å². The number of aromatic nitrogens is 4. The SMILES string of the molecule is [Ge].c1cc[n-]c1.c1cc[n-]c1.c1cc[n-]c1.c1cc[n-]c1. The standard InChI is InChI=1S/4C4H4N.Ge/c4*1-2-4-5-3-1;/h4*1-4H;/q4*-1;. The average molecular weight is 337 g/mol. The van der Waals surface area contributed by atoms with Gasteiger partial charge in [-0.25, -0.2) is 0 Å². The summed E-state index contributed by atoms with van der Waals surface area (Å²) in [4.78, 5) is 14.9. The van der Waals surface area contributed by atoms with Crippen LogP contribution in [0.5, 0.6) is 0 Å². The van der Waals surface area contributed by atoms with E-state index in [1.165, 1.54) is 0 Å². The maximum Gasteiger partial charge on any atom is 0 e. The van der Waals surface area contributed by atoms with Crippen LogP contribution >= 0.6 is 0 Å². The summed E-state index contributed by atoms with van der Waals surface area (Å²) in [5, 5.41) is 0. The van der Waals surface area contributed by atoms with E-state index in [-0.39, 0.29) is 17.6 Å². The Hall–Kier alpha value is -2.34. The largest absolute Gasteiger partial charge is 0.670 e. The Morgan fingerprint density at radius 1 is 0.286 bits per heavy atom. The molecule has 4 aromatic rings. The maximum absolute atomic E-state index is 3.72. The summed E-state index contributed by atoms with van der Waals surface area (Å²) in [6.07, 6.45) is 14.0. The molecule has 0 amide bonds. The molecule has 0 spiro atoms. The second kappa shape index (κ2) is 15.7. The third kappa shape index (κ3) is 13.9. The summed E-state index contributed by atoms with van der Waals surface area (Å²) in [6.45, 7) is 0. The van der Waals surface area contributed by atoms with E-state index in [2.05, 4.69) is 19.9 Å². The van der Waals surface area contributed by atoms with Crippen molar-refractivity contribution in [2.45, 2.75) is 0 Å². The van der Waals surface area contributed by atoms with E-state index in [1.807, 2.05) is 48.5 Å². The summed E-state index contributed by atoms with van der Waals surface area (Å²) in [7, 11) is 0. The van der Waals surface area contributed by atoms with Crippen LogP contribution in [-0.4, -0.2) is 17.6 Å². The molecule has 0 aliphatic heterocycles. The Labute approximate surface area is 136 Å². The van der Waals surface area contributed by atoms with Crippen molar-refractivity contribution in [1.82, 2.24) is 19.9 Å². The molecular weight excluding hydrogens is 321 g/mol. The maximum atomic E-state index is 3.72. The number of rotatable bonds is 0. The number of hydrogen-bond acceptors (Lipinski definition) is 0. The zero-order valence-electron chi connectivity index (χ0n) is 11.5. The molecule has 4 nitrogen and oxygen atoms in total. The molecular formula is C16H16GeN4-4. The Morgan fingerprint density at radius 2 is 0.429 bits per heavy atom. The molecule has 0 saturated carbocycles. The molecule has 108 valence electrons. The van der Waals surface area contributed by atoms with Crippen LogP contribution in [0.4, 0.5) is 0 Å². The van der Waals surface area contributed by atoms with Gasteiger partial charge in [-0.3, -0.25) is 0 Å². The fraction of sp³-hybridized carbons (Fsp3) is 0. The molecule has 0 bridgehead atoms. The van der Waals surface area contributed by atoms with Gasteiger partial charge in [-0.15, -0.1) is 0 Å². The molecule has 0 aliphatic rings. The predicted molar refractivity (Wildman–Crippen MR) is 84.8 cm³/mol. The van der Waals surface area contributed by atoms with Gasteiger partial charge < -0.3 is 19.9 Å². The van der Waals surface area contributed by atoms with Gasteiger partial charge in [0.1, 0.15) is 0 Å². The van der Waals surface area contributed by atoms with Crippen LogP contribution in [-0.2, 0) is 0 Å². The number of hydrogen-bond donors (Lipinski definition) is 0. The van der Waals surface area contributed by atoms with Crippen LogP contribution in [0.1, 0.15) is 0 Å². The van der Waals surface area contributed by atoms with Crippen LogP contribution in [0, 0.1) is 0 Å². The minimum Gasteiger partial charge on any atom is -0.670 e. The Balaban J connectivity index is 0.000000250. The molecule has 5 heteroatoms. The van der Waals surface area contributed by atoms with Gasteiger partial charge in [-0.1, -0.05) is 48.5 Å². The van der Waals surface area contributed by atoms with Gasteiger partial charge in [0.25, 0.3) is 0 Å². The fourth-order valence-corrected chi connectivity index (χ4v) is 0.994. The molecule has 4 aromatic heterocycles. The van der Waals surface area contributed by atoms with Gasteiger partial charge in [0.15, 0.2) is 0 Å². The second-order valence-corrected chi connectivity index (χ2v) is 3.33. The van der Waals surface area contributed by atoms with Gasteiger partial charge in [0, 0.05) is 17.6 Å². The molecule has 0 N–H and O–H groups in total. The zero-order chi connectivity index (χ0) is 14.1. The number of nitrogens with zero attached hydrogens (tertiary/aromatic N) is 4. The van der Waals surface area contributed by atoms with E-state index < -0.39 is 0 Å². The Morgan fingerprint density at radius 3 is 0.476 bits per heavy atom. The van der Waals surface area contributed by atoms with Crippen LogP contribution < -0.4 is 19.9 Å². The molecule has 0 aliphatic carbocycles. The van der Waals surface area contributed by atoms with E-state index in [0.717, 1.165) is 0 Å². The summed E-state index contributed by atoms with van der Waals surface area (Å²) >= 11 is 0. The van der Waals surface area contributed by atoms with E-state index in [9.17, 15) is 0 Å². The monoisotopic (exact) mass is 338 g/mol. The minimum absolute atomic E-state index is 0. The summed E-state index contributed by atoms with van der Waals surface area (Å²) < 4.78 is 0. The van der Waals surface area contributed by atoms with Crippen molar-refractivity contribution in [3.63, 3.8) is 0 Å². The summed E-state index contributed by atoms with van der Waals surface area (Å²) in [5.41, 5.74) is 0. The van der Waals surface area contributed by atoms with Crippen molar-refractivity contribution in [2.75, 3.05) is 0 Å². The first-order valence-electron chi connectivity index (χ1n) is 6.07. The first-order chi connectivity index (χ1) is 10.0. The van der Waals surface area contributed by atoms with Gasteiger partial charge in [0.05, 0.1) is 0 Å². The Kier molecular flexibility index (Phi) is 14.0. The summed E-state index contributed by atoms with van der Waals surface area (Å²) in [5.74, 6) is 0. The van der Waals surface area contributed by atoms with Crippen molar-refractivity contribution in [1.29, 1.82) is 0 Å². The van der Waals surface area contributed by atoms with Crippen LogP contribution in [0.3, 0.4) is 0 Å². The van der Waals surface area contributed by atoms with Crippen molar-refractivity contribution in [2.24, 2.45) is 0 Å². The van der Waals surface area contributed by atoms with Gasteiger partial charge in [-0.05, 0) is 0 Å². The normalized spacial score (nSPS) is 7.62. The third-order valence-electron chi connectivity index (χ3n) is 1.82. The molecule has 0 atom stereocenters. The molecule has 4 rings (SSSR count). The van der Waals surface area contributed by atoms with Gasteiger partial charge in [0.2, 0.25) is 0 Å². The topological polar surface area (TPSA) is 56.4 Å². The van der Waals surface area contributed by atoms with E-state index >= 15 is 0 Å². The smallest absolute Gasteiger partial charge is 0 e. The van der Waals surface area contributed by atoms with Crippen molar-refractivity contribution >= 4 is 17.6 Å². The van der Waals surface area contributed by atoms with Crippen molar-refractivity contribution in [3.05, 3.63) is 98.1 Å². The zero-order valence-corrected chi connectivity index (χ0v) is 13.6. The minimum atomic E-state index is 0. The van der Waals surface area contributed by atoms with E-state index in [4.69, 9.17) is 0 Å². The molecule has 0 unspecified atom stereocenters. The predicted octanol–water partition coefficient (Wildman–Crippen LogP) is 2.19. The quantitative estimate of drug-likeness (QED) is 0.462. The molecule has 21 heavy (non-hydrogen) atoms. The molecule has 4 heterocycles. The van der Waals surface area contributed by atoms with Crippen molar-refractivity contribution < 1.29 is 0 Å². The van der Waals surface area contributed by atoms with Gasteiger partial charge >= 0.3 is 0 Å².